The van der Waals surface area contributed by atoms with Gasteiger partial charge in [-0.05, 0) is 55.9 Å². The second-order valence-corrected chi connectivity index (χ2v) is 7.99. The SMILES string of the molecule is CNS(=O)(=O)c1ccc(C)c(C(=O)Nc2ccc(SC(F)F)cc2)c1. The van der Waals surface area contributed by atoms with Crippen molar-refractivity contribution in [1.82, 2.24) is 4.72 Å². The molecular weight excluding hydrogens is 370 g/mol. The summed E-state index contributed by atoms with van der Waals surface area (Å²) in [4.78, 5) is 12.8. The van der Waals surface area contributed by atoms with Crippen LogP contribution in [0.15, 0.2) is 52.3 Å². The molecule has 0 saturated carbocycles. The molecule has 2 N–H and O–H groups in total. The van der Waals surface area contributed by atoms with Crippen molar-refractivity contribution < 1.29 is 22.0 Å². The highest BCUT2D eigenvalue weighted by Gasteiger charge is 2.16. The Morgan fingerprint density at radius 1 is 1.12 bits per heavy atom. The molecule has 0 saturated heterocycles. The predicted molar refractivity (Wildman–Crippen MR) is 93.7 cm³/mol. The molecule has 2 aromatic carbocycles. The van der Waals surface area contributed by atoms with Crippen molar-refractivity contribution in [2.24, 2.45) is 0 Å². The second-order valence-electron chi connectivity index (χ2n) is 5.04. The number of benzene rings is 2. The van der Waals surface area contributed by atoms with E-state index in [0.29, 0.717) is 27.9 Å². The molecule has 134 valence electrons. The Balaban J connectivity index is 2.22. The minimum Gasteiger partial charge on any atom is -0.322 e. The highest BCUT2D eigenvalue weighted by Crippen LogP contribution is 2.26. The van der Waals surface area contributed by atoms with Crippen molar-refractivity contribution >= 4 is 33.4 Å². The number of halogens is 2. The van der Waals surface area contributed by atoms with Gasteiger partial charge in [-0.1, -0.05) is 17.8 Å². The molecule has 0 fully saturated rings. The lowest BCUT2D eigenvalue weighted by atomic mass is 10.1. The zero-order chi connectivity index (χ0) is 18.6. The molecule has 0 atom stereocenters. The minimum atomic E-state index is -3.66. The molecular formula is C16H16F2N2O3S2. The van der Waals surface area contributed by atoms with Gasteiger partial charge in [0.2, 0.25) is 10.0 Å². The van der Waals surface area contributed by atoms with Gasteiger partial charge in [-0.2, -0.15) is 8.78 Å². The van der Waals surface area contributed by atoms with E-state index in [9.17, 15) is 22.0 Å². The van der Waals surface area contributed by atoms with Crippen LogP contribution in [0.2, 0.25) is 0 Å². The van der Waals surface area contributed by atoms with Gasteiger partial charge in [0, 0.05) is 16.1 Å². The van der Waals surface area contributed by atoms with Crippen LogP contribution in [0.25, 0.3) is 0 Å². The molecule has 0 aliphatic carbocycles. The van der Waals surface area contributed by atoms with Crippen LogP contribution in [0, 0.1) is 6.92 Å². The first-order valence-corrected chi connectivity index (χ1v) is 9.49. The fourth-order valence-corrected chi connectivity index (χ4v) is 3.30. The van der Waals surface area contributed by atoms with Crippen LogP contribution in [-0.4, -0.2) is 27.1 Å². The summed E-state index contributed by atoms with van der Waals surface area (Å²) in [7, 11) is -2.38. The summed E-state index contributed by atoms with van der Waals surface area (Å²) in [5.74, 6) is -3.00. The second kappa shape index (κ2) is 7.94. The topological polar surface area (TPSA) is 75.3 Å². The van der Waals surface area contributed by atoms with Crippen LogP contribution in [0.1, 0.15) is 15.9 Å². The number of alkyl halides is 2. The van der Waals surface area contributed by atoms with Crippen LogP contribution >= 0.6 is 11.8 Å². The van der Waals surface area contributed by atoms with Gasteiger partial charge in [-0.3, -0.25) is 4.79 Å². The lowest BCUT2D eigenvalue weighted by Gasteiger charge is -2.10. The van der Waals surface area contributed by atoms with Crippen molar-refractivity contribution in [3.63, 3.8) is 0 Å². The molecule has 0 unspecified atom stereocenters. The third-order valence-electron chi connectivity index (χ3n) is 3.37. The van der Waals surface area contributed by atoms with Crippen molar-refractivity contribution in [2.45, 2.75) is 22.5 Å². The van der Waals surface area contributed by atoms with E-state index in [1.807, 2.05) is 0 Å². The van der Waals surface area contributed by atoms with Gasteiger partial charge in [-0.15, -0.1) is 0 Å². The van der Waals surface area contributed by atoms with Crippen LogP contribution in [0.3, 0.4) is 0 Å². The van der Waals surface area contributed by atoms with E-state index >= 15 is 0 Å². The van der Waals surface area contributed by atoms with Crippen molar-refractivity contribution in [1.29, 1.82) is 0 Å². The molecule has 2 aromatic rings. The molecule has 2 rings (SSSR count). The van der Waals surface area contributed by atoms with Gasteiger partial charge in [0.15, 0.2) is 0 Å². The van der Waals surface area contributed by atoms with E-state index in [1.54, 1.807) is 13.0 Å². The monoisotopic (exact) mass is 386 g/mol. The number of carbonyl (C=O) groups is 1. The summed E-state index contributed by atoms with van der Waals surface area (Å²) in [6, 6.07) is 10.2. The Kier molecular flexibility index (Phi) is 6.15. The van der Waals surface area contributed by atoms with Crippen molar-refractivity contribution in [3.05, 3.63) is 53.6 Å². The summed E-state index contributed by atoms with van der Waals surface area (Å²) in [6.45, 7) is 1.69. The van der Waals surface area contributed by atoms with Gasteiger partial charge in [0.05, 0.1) is 4.90 Å². The molecule has 0 bridgehead atoms. The minimum absolute atomic E-state index is 0.0190. The van der Waals surface area contributed by atoms with Crippen molar-refractivity contribution in [2.75, 3.05) is 12.4 Å². The predicted octanol–water partition coefficient (Wildman–Crippen LogP) is 3.47. The highest BCUT2D eigenvalue weighted by atomic mass is 32.2. The lowest BCUT2D eigenvalue weighted by Crippen LogP contribution is -2.20. The zero-order valence-corrected chi connectivity index (χ0v) is 15.0. The Morgan fingerprint density at radius 3 is 2.32 bits per heavy atom. The first-order chi connectivity index (χ1) is 11.7. The number of anilines is 1. The number of carbonyl (C=O) groups excluding carboxylic acids is 1. The maximum atomic E-state index is 12.4. The summed E-state index contributed by atoms with van der Waals surface area (Å²) < 4.78 is 50.5. The van der Waals surface area contributed by atoms with Gasteiger partial charge < -0.3 is 5.32 Å². The highest BCUT2D eigenvalue weighted by molar-refractivity contribution is 7.99. The average molecular weight is 386 g/mol. The van der Waals surface area contributed by atoms with E-state index in [1.165, 1.54) is 43.4 Å². The molecule has 0 radical (unpaired) electrons. The van der Waals surface area contributed by atoms with Gasteiger partial charge >= 0.3 is 0 Å². The van der Waals surface area contributed by atoms with Crippen LogP contribution in [0.4, 0.5) is 14.5 Å². The fraction of sp³-hybridized carbons (Fsp3) is 0.188. The Labute approximate surface area is 148 Å². The number of thioether (sulfide) groups is 1. The largest absolute Gasteiger partial charge is 0.322 e. The lowest BCUT2D eigenvalue weighted by molar-refractivity contribution is 0.102. The summed E-state index contributed by atoms with van der Waals surface area (Å²) in [5, 5.41) is 2.63. The third kappa shape index (κ3) is 5.00. The molecule has 9 heteroatoms. The number of aryl methyl sites for hydroxylation is 1. The molecule has 0 aromatic heterocycles. The van der Waals surface area contributed by atoms with Gasteiger partial charge in [0.25, 0.3) is 11.7 Å². The number of nitrogens with one attached hydrogen (secondary N) is 2. The molecule has 0 heterocycles. The Morgan fingerprint density at radius 2 is 1.76 bits per heavy atom. The molecule has 5 nitrogen and oxygen atoms in total. The number of sulfonamides is 1. The van der Waals surface area contributed by atoms with Crippen LogP contribution in [-0.2, 0) is 10.0 Å². The fourth-order valence-electron chi connectivity index (χ4n) is 2.05. The van der Waals surface area contributed by atoms with Crippen molar-refractivity contribution in [3.8, 4) is 0 Å². The maximum Gasteiger partial charge on any atom is 0.288 e. The summed E-state index contributed by atoms with van der Waals surface area (Å²) in [5.41, 5.74) is 1.24. The van der Waals surface area contributed by atoms with Crippen LogP contribution < -0.4 is 10.0 Å². The van der Waals surface area contributed by atoms with E-state index in [0.717, 1.165) is 0 Å². The smallest absolute Gasteiger partial charge is 0.288 e. The number of hydrogen-bond donors (Lipinski definition) is 2. The molecule has 25 heavy (non-hydrogen) atoms. The Bertz CT molecular complexity index is 869. The summed E-state index contributed by atoms with van der Waals surface area (Å²) in [6.07, 6.45) is 0. The van der Waals surface area contributed by atoms with E-state index in [2.05, 4.69) is 10.0 Å². The van der Waals surface area contributed by atoms with Gasteiger partial charge in [0.1, 0.15) is 0 Å². The number of amides is 1. The number of rotatable bonds is 6. The summed E-state index contributed by atoms with van der Waals surface area (Å²) >= 11 is 0.412. The number of hydrogen-bond acceptors (Lipinski definition) is 4. The zero-order valence-electron chi connectivity index (χ0n) is 13.4. The standard InChI is InChI=1S/C16H16F2N2O3S2/c1-10-3-8-13(25(22,23)19-2)9-14(10)15(21)20-11-4-6-12(7-5-11)24-16(17)18/h3-9,16,19H,1-2H3,(H,20,21). The average Bonchev–Trinajstić information content (AvgIpc) is 2.56. The normalized spacial score (nSPS) is 11.6. The maximum absolute atomic E-state index is 12.4. The first kappa shape index (κ1) is 19.4. The van der Waals surface area contributed by atoms with Gasteiger partial charge in [-0.25, -0.2) is 13.1 Å². The Hall–Kier alpha value is -1.97. The molecule has 1 amide bonds. The third-order valence-corrected chi connectivity index (χ3v) is 5.50. The molecule has 0 aliphatic rings. The molecule has 0 aliphatic heterocycles. The quantitative estimate of drug-likeness (QED) is 0.746. The van der Waals surface area contributed by atoms with Crippen LogP contribution in [0.5, 0.6) is 0 Å². The van der Waals surface area contributed by atoms with E-state index < -0.39 is 21.7 Å². The molecule has 0 spiro atoms. The first-order valence-electron chi connectivity index (χ1n) is 7.13. The van der Waals surface area contributed by atoms with E-state index in [4.69, 9.17) is 0 Å². The van der Waals surface area contributed by atoms with E-state index in [-0.39, 0.29) is 10.5 Å².